The fraction of sp³-hybridized carbons (Fsp3) is 0.462. The molecule has 1 atom stereocenters. The number of hydrogen-bond acceptors (Lipinski definition) is 3. The van der Waals surface area contributed by atoms with Gasteiger partial charge in [0, 0.05) is 35.1 Å². The molecule has 2 rings (SSSR count). The van der Waals surface area contributed by atoms with Crippen molar-refractivity contribution in [2.75, 3.05) is 19.0 Å². The molecule has 0 saturated heterocycles. The van der Waals surface area contributed by atoms with Crippen LogP contribution in [0.25, 0.3) is 5.65 Å². The topological polar surface area (TPSA) is 43.6 Å². The van der Waals surface area contributed by atoms with Gasteiger partial charge in [-0.25, -0.2) is 4.98 Å². The molecule has 0 aliphatic carbocycles. The van der Waals surface area contributed by atoms with E-state index in [0.717, 1.165) is 17.0 Å². The Hall–Kier alpha value is -1.20. The van der Waals surface area contributed by atoms with E-state index in [-0.39, 0.29) is 0 Å². The van der Waals surface area contributed by atoms with Crippen molar-refractivity contribution in [2.24, 2.45) is 0 Å². The Bertz CT molecular complexity index is 551. The second-order valence-corrected chi connectivity index (χ2v) is 5.69. The maximum Gasteiger partial charge on any atom is 0.137 e. The minimum Gasteiger partial charge on any atom is -0.381 e. The van der Waals surface area contributed by atoms with Gasteiger partial charge >= 0.3 is 0 Å². The highest BCUT2D eigenvalue weighted by Gasteiger charge is 2.07. The van der Waals surface area contributed by atoms with E-state index in [1.54, 1.807) is 0 Å². The van der Waals surface area contributed by atoms with Crippen molar-refractivity contribution >= 4 is 16.4 Å². The molecule has 0 saturated carbocycles. The largest absolute Gasteiger partial charge is 0.381 e. The van der Waals surface area contributed by atoms with Gasteiger partial charge in [-0.2, -0.15) is 0 Å². The van der Waals surface area contributed by atoms with Crippen molar-refractivity contribution in [2.45, 2.75) is 19.6 Å². The van der Waals surface area contributed by atoms with Crippen molar-refractivity contribution in [1.29, 1.82) is 0 Å². The van der Waals surface area contributed by atoms with Crippen LogP contribution >= 0.6 is 0 Å². The fourth-order valence-electron chi connectivity index (χ4n) is 1.80. The number of imidazole rings is 1. The van der Waals surface area contributed by atoms with Crippen molar-refractivity contribution in [3.8, 4) is 0 Å². The molecule has 0 spiro atoms. The first-order chi connectivity index (χ1) is 8.70. The Balaban J connectivity index is 2.03. The molecule has 0 aromatic carbocycles. The van der Waals surface area contributed by atoms with Crippen LogP contribution in [0.15, 0.2) is 24.4 Å². The van der Waals surface area contributed by atoms with Gasteiger partial charge in [0.05, 0.1) is 18.1 Å². The lowest BCUT2D eigenvalue weighted by Crippen LogP contribution is -2.08. The molecule has 4 nitrogen and oxygen atoms in total. The fourth-order valence-corrected chi connectivity index (χ4v) is 2.72. The van der Waals surface area contributed by atoms with Crippen LogP contribution in [0.3, 0.4) is 0 Å². The second kappa shape index (κ2) is 6.11. The lowest BCUT2D eigenvalue weighted by atomic mass is 10.4. The molecule has 0 bridgehead atoms. The highest BCUT2D eigenvalue weighted by Crippen LogP contribution is 2.10. The van der Waals surface area contributed by atoms with Gasteiger partial charge in [0.25, 0.3) is 0 Å². The average Bonchev–Trinajstić information content (AvgIpc) is 2.73. The summed E-state index contributed by atoms with van der Waals surface area (Å²) in [5, 5.41) is 0. The van der Waals surface area contributed by atoms with Gasteiger partial charge in [0.2, 0.25) is 0 Å². The third-order valence-electron chi connectivity index (χ3n) is 2.71. The number of fused-ring (bicyclic) bond motifs is 1. The van der Waals surface area contributed by atoms with Gasteiger partial charge in [0.1, 0.15) is 5.65 Å². The summed E-state index contributed by atoms with van der Waals surface area (Å²) in [5.41, 5.74) is 2.91. The second-order valence-electron chi connectivity index (χ2n) is 4.11. The van der Waals surface area contributed by atoms with Gasteiger partial charge in [0.15, 0.2) is 0 Å². The number of ether oxygens (including phenoxy) is 1. The van der Waals surface area contributed by atoms with Crippen LogP contribution < -0.4 is 0 Å². The first kappa shape index (κ1) is 13.2. The van der Waals surface area contributed by atoms with Gasteiger partial charge in [-0.1, -0.05) is 6.07 Å². The number of nitrogens with zero attached hydrogens (tertiary/aromatic N) is 2. The van der Waals surface area contributed by atoms with E-state index in [9.17, 15) is 4.21 Å². The summed E-state index contributed by atoms with van der Waals surface area (Å²) in [6.07, 6.45) is 1.96. The molecule has 1 unspecified atom stereocenters. The minimum absolute atomic E-state index is 0.494. The molecule has 0 amide bonds. The van der Waals surface area contributed by atoms with E-state index in [0.29, 0.717) is 24.7 Å². The highest BCUT2D eigenvalue weighted by molar-refractivity contribution is 7.84. The smallest absolute Gasteiger partial charge is 0.137 e. The lowest BCUT2D eigenvalue weighted by molar-refractivity contribution is 0.164. The van der Waals surface area contributed by atoms with Crippen molar-refractivity contribution in [3.63, 3.8) is 0 Å². The van der Waals surface area contributed by atoms with Crippen LogP contribution in [-0.2, 0) is 21.3 Å². The van der Waals surface area contributed by atoms with Crippen molar-refractivity contribution < 1.29 is 8.95 Å². The Morgan fingerprint density at radius 1 is 1.44 bits per heavy atom. The van der Waals surface area contributed by atoms with Crippen molar-refractivity contribution in [3.05, 3.63) is 35.8 Å². The molecular weight excluding hydrogens is 248 g/mol. The predicted molar refractivity (Wildman–Crippen MR) is 73.1 cm³/mol. The predicted octanol–water partition coefficient (Wildman–Crippen LogP) is 1.93. The Kier molecular flexibility index (Phi) is 4.49. The number of aromatic nitrogens is 2. The third kappa shape index (κ3) is 3.17. The number of aryl methyl sites for hydroxylation is 1. The normalized spacial score (nSPS) is 13.0. The lowest BCUT2D eigenvalue weighted by Gasteiger charge is -2.00. The summed E-state index contributed by atoms with van der Waals surface area (Å²) in [5.74, 6) is 1.06. The van der Waals surface area contributed by atoms with E-state index in [4.69, 9.17) is 4.74 Å². The quantitative estimate of drug-likeness (QED) is 0.750. The van der Waals surface area contributed by atoms with E-state index in [1.807, 2.05) is 42.6 Å². The summed E-state index contributed by atoms with van der Waals surface area (Å²) in [4.78, 5) is 4.47. The summed E-state index contributed by atoms with van der Waals surface area (Å²) in [6, 6.07) is 5.97. The Morgan fingerprint density at radius 2 is 2.28 bits per heavy atom. The maximum atomic E-state index is 11.8. The van der Waals surface area contributed by atoms with Crippen LogP contribution in [0, 0.1) is 6.92 Å². The third-order valence-corrected chi connectivity index (χ3v) is 3.95. The first-order valence-corrected chi connectivity index (χ1v) is 7.56. The number of rotatable bonds is 6. The molecule has 5 heteroatoms. The number of hydrogen-bond donors (Lipinski definition) is 0. The molecule has 0 N–H and O–H groups in total. The molecule has 0 aliphatic heterocycles. The van der Waals surface area contributed by atoms with Gasteiger partial charge in [-0.05, 0) is 26.0 Å². The summed E-state index contributed by atoms with van der Waals surface area (Å²) >= 11 is 0. The van der Waals surface area contributed by atoms with Crippen LogP contribution in [0.2, 0.25) is 0 Å². The molecule has 0 fully saturated rings. The standard InChI is InChI=1S/C13H18N2O2S/c1-3-17-7-8-18(16)10-12-9-15-11(2)5-4-6-13(15)14-12/h4-6,9H,3,7-8,10H2,1-2H3. The van der Waals surface area contributed by atoms with Crippen LogP contribution in [0.5, 0.6) is 0 Å². The maximum absolute atomic E-state index is 11.8. The Labute approximate surface area is 109 Å². The van der Waals surface area contributed by atoms with Crippen LogP contribution in [-0.4, -0.2) is 32.6 Å². The van der Waals surface area contributed by atoms with E-state index >= 15 is 0 Å². The number of pyridine rings is 1. The van der Waals surface area contributed by atoms with E-state index in [2.05, 4.69) is 4.98 Å². The molecule has 18 heavy (non-hydrogen) atoms. The van der Waals surface area contributed by atoms with E-state index < -0.39 is 10.8 Å². The van der Waals surface area contributed by atoms with Crippen molar-refractivity contribution in [1.82, 2.24) is 9.38 Å². The SMILES string of the molecule is CCOCCS(=O)Cc1cn2c(C)cccc2n1. The zero-order chi connectivity index (χ0) is 13.0. The monoisotopic (exact) mass is 266 g/mol. The summed E-state index contributed by atoms with van der Waals surface area (Å²) < 4.78 is 19.1. The first-order valence-electron chi connectivity index (χ1n) is 6.07. The molecular formula is C13H18N2O2S. The van der Waals surface area contributed by atoms with Crippen LogP contribution in [0.4, 0.5) is 0 Å². The summed E-state index contributed by atoms with van der Waals surface area (Å²) in [7, 11) is -0.907. The molecule has 0 radical (unpaired) electrons. The van der Waals surface area contributed by atoms with E-state index in [1.165, 1.54) is 0 Å². The molecule has 0 aliphatic rings. The average molecular weight is 266 g/mol. The zero-order valence-electron chi connectivity index (χ0n) is 10.8. The Morgan fingerprint density at radius 3 is 3.00 bits per heavy atom. The minimum atomic E-state index is -0.907. The van der Waals surface area contributed by atoms with Gasteiger partial charge in [-0.3, -0.25) is 4.21 Å². The van der Waals surface area contributed by atoms with Crippen LogP contribution in [0.1, 0.15) is 18.3 Å². The summed E-state index contributed by atoms with van der Waals surface area (Å²) in [6.45, 7) is 5.19. The molecule has 98 valence electrons. The van der Waals surface area contributed by atoms with Gasteiger partial charge < -0.3 is 9.14 Å². The molecule has 2 heterocycles. The zero-order valence-corrected chi connectivity index (χ0v) is 11.6. The molecule has 2 aromatic heterocycles. The highest BCUT2D eigenvalue weighted by atomic mass is 32.2. The molecule has 2 aromatic rings. The van der Waals surface area contributed by atoms with Gasteiger partial charge in [-0.15, -0.1) is 0 Å².